The van der Waals surface area contributed by atoms with Crippen molar-refractivity contribution in [3.8, 4) is 0 Å². The quantitative estimate of drug-likeness (QED) is 0.730. The molecule has 0 amide bonds. The van der Waals surface area contributed by atoms with Gasteiger partial charge in [-0.3, -0.25) is 4.40 Å². The van der Waals surface area contributed by atoms with Crippen molar-refractivity contribution < 1.29 is 9.13 Å². The number of aromatic nitrogens is 3. The summed E-state index contributed by atoms with van der Waals surface area (Å²) in [6.07, 6.45) is 1.15. The van der Waals surface area contributed by atoms with Crippen LogP contribution in [0.1, 0.15) is 18.9 Å². The molecule has 5 heteroatoms. The first-order valence-electron chi connectivity index (χ1n) is 4.25. The van der Waals surface area contributed by atoms with Crippen molar-refractivity contribution in [2.45, 2.75) is 13.0 Å². The summed E-state index contributed by atoms with van der Waals surface area (Å²) >= 11 is 0. The molecule has 2 aromatic heterocycles. The zero-order chi connectivity index (χ0) is 10.1. The van der Waals surface area contributed by atoms with E-state index in [1.807, 2.05) is 6.92 Å². The SMILES string of the molecule is CO[C@@H](C)c1nnc2ccc(F)cn12. The van der Waals surface area contributed by atoms with Crippen molar-refractivity contribution in [1.82, 2.24) is 14.6 Å². The van der Waals surface area contributed by atoms with Crippen LogP contribution in [0.3, 0.4) is 0 Å². The fraction of sp³-hybridized carbons (Fsp3) is 0.333. The van der Waals surface area contributed by atoms with Gasteiger partial charge in [-0.25, -0.2) is 4.39 Å². The summed E-state index contributed by atoms with van der Waals surface area (Å²) in [5.41, 5.74) is 0.616. The van der Waals surface area contributed by atoms with E-state index in [1.54, 1.807) is 17.6 Å². The molecule has 0 saturated heterocycles. The zero-order valence-electron chi connectivity index (χ0n) is 7.94. The summed E-state index contributed by atoms with van der Waals surface area (Å²) in [6.45, 7) is 1.83. The zero-order valence-corrected chi connectivity index (χ0v) is 7.94. The average molecular weight is 195 g/mol. The Morgan fingerprint density at radius 3 is 2.93 bits per heavy atom. The second-order valence-electron chi connectivity index (χ2n) is 3.01. The first-order chi connectivity index (χ1) is 6.72. The number of nitrogens with zero attached hydrogens (tertiary/aromatic N) is 3. The molecule has 0 bridgehead atoms. The van der Waals surface area contributed by atoms with Crippen LogP contribution in [0.15, 0.2) is 18.3 Å². The van der Waals surface area contributed by atoms with Gasteiger partial charge in [-0.15, -0.1) is 10.2 Å². The van der Waals surface area contributed by atoms with Crippen molar-refractivity contribution in [3.05, 3.63) is 30.0 Å². The molecule has 0 unspecified atom stereocenters. The molecule has 0 aliphatic heterocycles. The third-order valence-electron chi connectivity index (χ3n) is 2.11. The number of fused-ring (bicyclic) bond motifs is 1. The Balaban J connectivity index is 2.61. The third kappa shape index (κ3) is 1.35. The summed E-state index contributed by atoms with van der Waals surface area (Å²) in [5, 5.41) is 7.82. The van der Waals surface area contributed by atoms with Gasteiger partial charge in [0.2, 0.25) is 0 Å². The summed E-state index contributed by atoms with van der Waals surface area (Å²) < 4.78 is 19.6. The van der Waals surface area contributed by atoms with Gasteiger partial charge in [0.25, 0.3) is 0 Å². The van der Waals surface area contributed by atoms with Crippen LogP contribution in [0.25, 0.3) is 5.65 Å². The Morgan fingerprint density at radius 2 is 2.21 bits per heavy atom. The van der Waals surface area contributed by atoms with Gasteiger partial charge < -0.3 is 4.74 Å². The number of ether oxygens (including phenoxy) is 1. The molecule has 0 saturated carbocycles. The predicted molar refractivity (Wildman–Crippen MR) is 48.4 cm³/mol. The van der Waals surface area contributed by atoms with Gasteiger partial charge in [0.05, 0.1) is 0 Å². The van der Waals surface area contributed by atoms with Crippen molar-refractivity contribution in [2.24, 2.45) is 0 Å². The molecule has 0 aliphatic rings. The van der Waals surface area contributed by atoms with Gasteiger partial charge in [0.15, 0.2) is 11.5 Å². The van der Waals surface area contributed by atoms with Crippen LogP contribution in [0, 0.1) is 5.82 Å². The van der Waals surface area contributed by atoms with Crippen molar-refractivity contribution in [2.75, 3.05) is 7.11 Å². The van der Waals surface area contributed by atoms with Crippen molar-refractivity contribution in [1.29, 1.82) is 0 Å². The molecule has 4 nitrogen and oxygen atoms in total. The van der Waals surface area contributed by atoms with Gasteiger partial charge in [-0.1, -0.05) is 0 Å². The molecule has 74 valence electrons. The Labute approximate surface area is 80.3 Å². The van der Waals surface area contributed by atoms with Crippen LogP contribution in [0.2, 0.25) is 0 Å². The minimum atomic E-state index is -0.318. The lowest BCUT2D eigenvalue weighted by Crippen LogP contribution is -2.02. The van der Waals surface area contributed by atoms with E-state index < -0.39 is 0 Å². The molecular weight excluding hydrogens is 185 g/mol. The highest BCUT2D eigenvalue weighted by Crippen LogP contribution is 2.14. The fourth-order valence-corrected chi connectivity index (χ4v) is 1.27. The Kier molecular flexibility index (Phi) is 2.17. The minimum Gasteiger partial charge on any atom is -0.374 e. The first-order valence-corrected chi connectivity index (χ1v) is 4.25. The normalized spacial score (nSPS) is 13.4. The van der Waals surface area contributed by atoms with Crippen LogP contribution in [-0.2, 0) is 4.74 Å². The lowest BCUT2D eigenvalue weighted by molar-refractivity contribution is 0.111. The summed E-state index contributed by atoms with van der Waals surface area (Å²) in [6, 6.07) is 2.93. The molecule has 2 heterocycles. The predicted octanol–water partition coefficient (Wildman–Crippen LogP) is 1.58. The molecule has 0 N–H and O–H groups in total. The van der Waals surface area contributed by atoms with E-state index in [2.05, 4.69) is 10.2 Å². The van der Waals surface area contributed by atoms with E-state index in [1.165, 1.54) is 12.3 Å². The average Bonchev–Trinajstić information content (AvgIpc) is 2.59. The number of rotatable bonds is 2. The Bertz CT molecular complexity index is 454. The lowest BCUT2D eigenvalue weighted by Gasteiger charge is -2.06. The fourth-order valence-electron chi connectivity index (χ4n) is 1.27. The lowest BCUT2D eigenvalue weighted by atomic mass is 10.3. The molecule has 0 fully saturated rings. The molecule has 2 rings (SSSR count). The van der Waals surface area contributed by atoms with Crippen LogP contribution in [-0.4, -0.2) is 21.7 Å². The van der Waals surface area contributed by atoms with Crippen molar-refractivity contribution >= 4 is 5.65 Å². The molecule has 1 atom stereocenters. The Hall–Kier alpha value is -1.49. The molecule has 2 aromatic rings. The van der Waals surface area contributed by atoms with Gasteiger partial charge in [0.1, 0.15) is 11.9 Å². The third-order valence-corrected chi connectivity index (χ3v) is 2.11. The first kappa shape index (κ1) is 9.08. The maximum absolute atomic E-state index is 12.9. The van der Waals surface area contributed by atoms with Crippen molar-refractivity contribution in [3.63, 3.8) is 0 Å². The Morgan fingerprint density at radius 1 is 1.43 bits per heavy atom. The van der Waals surface area contributed by atoms with E-state index >= 15 is 0 Å². The summed E-state index contributed by atoms with van der Waals surface area (Å²) in [4.78, 5) is 0. The second kappa shape index (κ2) is 3.34. The van der Waals surface area contributed by atoms with Crippen LogP contribution in [0.5, 0.6) is 0 Å². The molecular formula is C9H10FN3O. The van der Waals surface area contributed by atoms with Gasteiger partial charge in [-0.05, 0) is 19.1 Å². The summed E-state index contributed by atoms with van der Waals surface area (Å²) in [5.74, 6) is 0.281. The van der Waals surface area contributed by atoms with E-state index in [4.69, 9.17) is 4.74 Å². The number of pyridine rings is 1. The van der Waals surface area contributed by atoms with Gasteiger partial charge in [-0.2, -0.15) is 0 Å². The largest absolute Gasteiger partial charge is 0.374 e. The minimum absolute atomic E-state index is 0.202. The van der Waals surface area contributed by atoms with Crippen LogP contribution in [0.4, 0.5) is 4.39 Å². The standard InChI is InChI=1S/C9H10FN3O/c1-6(14-2)9-12-11-8-4-3-7(10)5-13(8)9/h3-6H,1-2H3/t6-/m0/s1. The molecule has 0 spiro atoms. The maximum atomic E-state index is 12.9. The van der Waals surface area contributed by atoms with E-state index in [0.29, 0.717) is 11.5 Å². The number of halogens is 1. The highest BCUT2D eigenvalue weighted by atomic mass is 19.1. The highest BCUT2D eigenvalue weighted by molar-refractivity contribution is 5.37. The van der Waals surface area contributed by atoms with Crippen LogP contribution < -0.4 is 0 Å². The summed E-state index contributed by atoms with van der Waals surface area (Å²) in [7, 11) is 1.57. The molecule has 0 aromatic carbocycles. The number of methoxy groups -OCH3 is 1. The molecule has 0 radical (unpaired) electrons. The molecule has 0 aliphatic carbocycles. The maximum Gasteiger partial charge on any atom is 0.166 e. The highest BCUT2D eigenvalue weighted by Gasteiger charge is 2.12. The van der Waals surface area contributed by atoms with Gasteiger partial charge in [0, 0.05) is 13.3 Å². The van der Waals surface area contributed by atoms with Crippen LogP contribution >= 0.6 is 0 Å². The van der Waals surface area contributed by atoms with E-state index in [9.17, 15) is 4.39 Å². The molecule has 14 heavy (non-hydrogen) atoms. The van der Waals surface area contributed by atoms with E-state index in [-0.39, 0.29) is 11.9 Å². The monoisotopic (exact) mass is 195 g/mol. The smallest absolute Gasteiger partial charge is 0.166 e. The second-order valence-corrected chi connectivity index (χ2v) is 3.01. The number of hydrogen-bond donors (Lipinski definition) is 0. The number of hydrogen-bond acceptors (Lipinski definition) is 3. The van der Waals surface area contributed by atoms with E-state index in [0.717, 1.165) is 0 Å². The topological polar surface area (TPSA) is 39.4 Å². The van der Waals surface area contributed by atoms with Gasteiger partial charge >= 0.3 is 0 Å².